The van der Waals surface area contributed by atoms with Crippen molar-refractivity contribution in [3.63, 3.8) is 0 Å². The van der Waals surface area contributed by atoms with Gasteiger partial charge in [0, 0.05) is 16.5 Å². The van der Waals surface area contributed by atoms with Crippen LogP contribution in [0.25, 0.3) is 11.1 Å². The first-order valence-corrected chi connectivity index (χ1v) is 9.42. The SMILES string of the molecule is CC.Cc1noc(C)c1-c1cc(N)c(N)c(SNC2CCCC2)c1. The lowest BCUT2D eigenvalue weighted by atomic mass is 10.0. The van der Waals surface area contributed by atoms with Crippen LogP contribution in [0, 0.1) is 13.8 Å². The van der Waals surface area contributed by atoms with Gasteiger partial charge in [0.05, 0.1) is 17.1 Å². The zero-order valence-corrected chi connectivity index (χ0v) is 15.8. The van der Waals surface area contributed by atoms with Crippen LogP contribution in [0.5, 0.6) is 0 Å². The van der Waals surface area contributed by atoms with Crippen molar-refractivity contribution < 1.29 is 4.52 Å². The van der Waals surface area contributed by atoms with E-state index >= 15 is 0 Å². The molecular formula is C18H28N4OS. The second-order valence-corrected chi connectivity index (χ2v) is 6.76. The summed E-state index contributed by atoms with van der Waals surface area (Å²) in [5, 5.41) is 4.01. The molecule has 5 nitrogen and oxygen atoms in total. The minimum absolute atomic E-state index is 0.563. The Morgan fingerprint density at radius 2 is 1.83 bits per heavy atom. The smallest absolute Gasteiger partial charge is 0.141 e. The number of aryl methyl sites for hydroxylation is 2. The molecule has 0 unspecified atom stereocenters. The highest BCUT2D eigenvalue weighted by Crippen LogP contribution is 2.37. The topological polar surface area (TPSA) is 90.1 Å². The Kier molecular flexibility index (Phi) is 6.57. The predicted octanol–water partition coefficient (Wildman–Crippen LogP) is 4.69. The average Bonchev–Trinajstić information content (AvgIpc) is 3.21. The molecule has 24 heavy (non-hydrogen) atoms. The Bertz CT molecular complexity index is 658. The lowest BCUT2D eigenvalue weighted by Gasteiger charge is -2.14. The van der Waals surface area contributed by atoms with Crippen LogP contribution < -0.4 is 16.2 Å². The second-order valence-electron chi connectivity index (χ2n) is 5.88. The molecule has 0 amide bonds. The van der Waals surface area contributed by atoms with Crippen molar-refractivity contribution in [2.24, 2.45) is 0 Å². The van der Waals surface area contributed by atoms with Gasteiger partial charge in [0.2, 0.25) is 0 Å². The molecule has 132 valence electrons. The number of nitrogens with one attached hydrogen (secondary N) is 1. The van der Waals surface area contributed by atoms with Gasteiger partial charge >= 0.3 is 0 Å². The molecule has 5 N–H and O–H groups in total. The average molecular weight is 349 g/mol. The van der Waals surface area contributed by atoms with E-state index in [-0.39, 0.29) is 0 Å². The van der Waals surface area contributed by atoms with Crippen molar-refractivity contribution in [2.45, 2.75) is 64.3 Å². The van der Waals surface area contributed by atoms with Gasteiger partial charge in [0.1, 0.15) is 5.76 Å². The van der Waals surface area contributed by atoms with Gasteiger partial charge < -0.3 is 16.0 Å². The largest absolute Gasteiger partial charge is 0.397 e. The minimum Gasteiger partial charge on any atom is -0.397 e. The van der Waals surface area contributed by atoms with Crippen LogP contribution in [-0.4, -0.2) is 11.2 Å². The number of hydrogen-bond acceptors (Lipinski definition) is 6. The second kappa shape index (κ2) is 8.44. The molecule has 0 aliphatic heterocycles. The summed E-state index contributed by atoms with van der Waals surface area (Å²) in [5.41, 5.74) is 16.3. The van der Waals surface area contributed by atoms with E-state index in [0.717, 1.165) is 27.5 Å². The molecule has 1 aromatic heterocycles. The lowest BCUT2D eigenvalue weighted by Crippen LogP contribution is -2.18. The number of aromatic nitrogens is 1. The first kappa shape index (κ1) is 18.7. The molecule has 0 radical (unpaired) electrons. The zero-order chi connectivity index (χ0) is 17.7. The summed E-state index contributed by atoms with van der Waals surface area (Å²) in [7, 11) is 0. The van der Waals surface area contributed by atoms with Crippen LogP contribution in [0.2, 0.25) is 0 Å². The molecule has 2 aromatic rings. The molecule has 0 saturated heterocycles. The van der Waals surface area contributed by atoms with Crippen LogP contribution in [-0.2, 0) is 0 Å². The van der Waals surface area contributed by atoms with Crippen LogP contribution >= 0.6 is 11.9 Å². The summed E-state index contributed by atoms with van der Waals surface area (Å²) in [6.07, 6.45) is 5.06. The fourth-order valence-corrected chi connectivity index (χ4v) is 3.91. The highest BCUT2D eigenvalue weighted by molar-refractivity contribution is 7.97. The van der Waals surface area contributed by atoms with Gasteiger partial charge in [0.15, 0.2) is 0 Å². The van der Waals surface area contributed by atoms with Gasteiger partial charge in [-0.3, -0.25) is 4.72 Å². The maximum absolute atomic E-state index is 6.14. The zero-order valence-electron chi connectivity index (χ0n) is 15.0. The van der Waals surface area contributed by atoms with Crippen molar-refractivity contribution in [2.75, 3.05) is 11.5 Å². The highest BCUT2D eigenvalue weighted by atomic mass is 32.2. The number of anilines is 2. The number of nitrogen functional groups attached to an aromatic ring is 2. The number of nitrogens with zero attached hydrogens (tertiary/aromatic N) is 1. The normalized spacial score (nSPS) is 14.5. The summed E-state index contributed by atoms with van der Waals surface area (Å²) in [5.74, 6) is 0.793. The van der Waals surface area contributed by atoms with Gasteiger partial charge in [-0.25, -0.2) is 0 Å². The maximum atomic E-state index is 6.14. The van der Waals surface area contributed by atoms with E-state index in [1.165, 1.54) is 25.7 Å². The van der Waals surface area contributed by atoms with Gasteiger partial charge in [-0.15, -0.1) is 0 Å². The molecule has 3 rings (SSSR count). The van der Waals surface area contributed by atoms with E-state index in [9.17, 15) is 0 Å². The van der Waals surface area contributed by atoms with Gasteiger partial charge in [0.25, 0.3) is 0 Å². The predicted molar refractivity (Wildman–Crippen MR) is 103 cm³/mol. The molecule has 0 bridgehead atoms. The van der Waals surface area contributed by atoms with E-state index in [1.54, 1.807) is 11.9 Å². The molecule has 1 fully saturated rings. The summed E-state index contributed by atoms with van der Waals surface area (Å²) >= 11 is 1.58. The molecule has 0 spiro atoms. The van der Waals surface area contributed by atoms with E-state index in [0.29, 0.717) is 17.4 Å². The molecular weight excluding hydrogens is 320 g/mol. The molecule has 1 aliphatic carbocycles. The van der Waals surface area contributed by atoms with Gasteiger partial charge in [-0.2, -0.15) is 0 Å². The van der Waals surface area contributed by atoms with Crippen LogP contribution in [0.4, 0.5) is 11.4 Å². The van der Waals surface area contributed by atoms with Crippen molar-refractivity contribution >= 4 is 23.3 Å². The fraction of sp³-hybridized carbons (Fsp3) is 0.500. The van der Waals surface area contributed by atoms with E-state index < -0.39 is 0 Å². The Labute approximate surface area is 148 Å². The number of rotatable bonds is 4. The molecule has 1 saturated carbocycles. The molecule has 6 heteroatoms. The molecule has 1 aromatic carbocycles. The van der Waals surface area contributed by atoms with E-state index in [1.807, 2.05) is 33.8 Å². The monoisotopic (exact) mass is 348 g/mol. The molecule has 1 heterocycles. The third-order valence-electron chi connectivity index (χ3n) is 4.19. The third kappa shape index (κ3) is 4.05. The van der Waals surface area contributed by atoms with Crippen molar-refractivity contribution in [1.29, 1.82) is 0 Å². The van der Waals surface area contributed by atoms with Gasteiger partial charge in [-0.1, -0.05) is 31.8 Å². The first-order valence-electron chi connectivity index (χ1n) is 8.61. The van der Waals surface area contributed by atoms with Crippen LogP contribution in [0.1, 0.15) is 51.0 Å². The Balaban J connectivity index is 0.00000100. The van der Waals surface area contributed by atoms with Crippen molar-refractivity contribution in [3.05, 3.63) is 23.6 Å². The maximum Gasteiger partial charge on any atom is 0.141 e. The molecule has 0 atom stereocenters. The van der Waals surface area contributed by atoms with Crippen LogP contribution in [0.15, 0.2) is 21.6 Å². The summed E-state index contributed by atoms with van der Waals surface area (Å²) in [6, 6.07) is 4.51. The van der Waals surface area contributed by atoms with Crippen molar-refractivity contribution in [1.82, 2.24) is 9.88 Å². The van der Waals surface area contributed by atoms with Crippen LogP contribution in [0.3, 0.4) is 0 Å². The Morgan fingerprint density at radius 1 is 1.17 bits per heavy atom. The summed E-state index contributed by atoms with van der Waals surface area (Å²) in [6.45, 7) is 7.84. The highest BCUT2D eigenvalue weighted by Gasteiger charge is 2.18. The quantitative estimate of drug-likeness (QED) is 0.548. The molecule has 1 aliphatic rings. The minimum atomic E-state index is 0.563. The first-order chi connectivity index (χ1) is 11.6. The number of hydrogen-bond donors (Lipinski definition) is 3. The lowest BCUT2D eigenvalue weighted by molar-refractivity contribution is 0.393. The summed E-state index contributed by atoms with van der Waals surface area (Å²) < 4.78 is 8.77. The summed E-state index contributed by atoms with van der Waals surface area (Å²) in [4.78, 5) is 0.960. The van der Waals surface area contributed by atoms with E-state index in [4.69, 9.17) is 16.0 Å². The Hall–Kier alpha value is -1.66. The fourth-order valence-electron chi connectivity index (χ4n) is 2.96. The standard InChI is InChI=1S/C16H22N4OS.C2H6/c1-9-15(10(2)21-19-9)11-7-13(17)16(18)14(8-11)22-20-12-5-3-4-6-12;1-2/h7-8,12,20H,3-6,17-18H2,1-2H3;1-2H3. The Morgan fingerprint density at radius 3 is 2.42 bits per heavy atom. The van der Waals surface area contributed by atoms with Gasteiger partial charge in [-0.05, 0) is 56.3 Å². The van der Waals surface area contributed by atoms with Crippen molar-refractivity contribution in [3.8, 4) is 11.1 Å². The van der Waals surface area contributed by atoms with E-state index in [2.05, 4.69) is 15.9 Å². The number of benzene rings is 1. The number of nitrogens with two attached hydrogens (primary N) is 2. The third-order valence-corrected chi connectivity index (χ3v) is 5.20.